The molecule has 69 heavy (non-hydrogen) atoms. The SMILES string of the molecule is CC(C)(C)Cc1cc(-c2ccccc2)ncc1[Si](C)(C)C.CC(C)(C)Cc1ccnc(-c2ccccc2)c1.Cc1cccc(C)c1-c1ccc2c(c1)oc1c(-c3cc(C(C)C)ccn3)cccc12.[Ir]. The first-order chi connectivity index (χ1) is 32.2. The Balaban J connectivity index is 0.000000177. The topological polar surface area (TPSA) is 51.8 Å². The van der Waals surface area contributed by atoms with Gasteiger partial charge >= 0.3 is 0 Å². The first-order valence-corrected chi connectivity index (χ1v) is 27.8. The van der Waals surface area contributed by atoms with Gasteiger partial charge in [-0.05, 0) is 136 Å². The summed E-state index contributed by atoms with van der Waals surface area (Å²) in [5.41, 5.74) is 18.1. The van der Waals surface area contributed by atoms with E-state index in [9.17, 15) is 0 Å². The zero-order valence-corrected chi connectivity index (χ0v) is 46.6. The Morgan fingerprint density at radius 2 is 1.12 bits per heavy atom. The van der Waals surface area contributed by atoms with Crippen molar-refractivity contribution in [2.24, 2.45) is 10.8 Å². The van der Waals surface area contributed by atoms with Gasteiger partial charge in [-0.2, -0.15) is 0 Å². The fourth-order valence-electron chi connectivity index (χ4n) is 9.00. The molecule has 0 spiro atoms. The molecule has 4 aromatic heterocycles. The van der Waals surface area contributed by atoms with Gasteiger partial charge in [-0.15, -0.1) is 0 Å². The molecule has 0 saturated heterocycles. The molecule has 9 aromatic rings. The summed E-state index contributed by atoms with van der Waals surface area (Å²) < 4.78 is 6.44. The number of pyridine rings is 3. The molecule has 0 aliphatic heterocycles. The van der Waals surface area contributed by atoms with Gasteiger partial charge in [0.2, 0.25) is 0 Å². The molecule has 1 radical (unpaired) electrons. The van der Waals surface area contributed by atoms with Crippen LogP contribution in [0.2, 0.25) is 19.6 Å². The fourth-order valence-corrected chi connectivity index (χ4v) is 10.6. The van der Waals surface area contributed by atoms with Crippen LogP contribution >= 0.6 is 0 Å². The van der Waals surface area contributed by atoms with Crippen molar-refractivity contribution in [2.45, 2.75) is 108 Å². The fraction of sp³-hybridized carbons (Fsp3) is 0.286. The predicted molar refractivity (Wildman–Crippen MR) is 295 cm³/mol. The monoisotopic (exact) mass is 1110 g/mol. The second-order valence-electron chi connectivity index (χ2n) is 22.1. The van der Waals surface area contributed by atoms with Crippen LogP contribution in [-0.2, 0) is 32.9 Å². The molecule has 0 N–H and O–H groups in total. The number of rotatable bonds is 8. The quantitative estimate of drug-likeness (QED) is 0.142. The minimum atomic E-state index is -1.36. The molecule has 9 rings (SSSR count). The number of hydrogen-bond acceptors (Lipinski definition) is 4. The summed E-state index contributed by atoms with van der Waals surface area (Å²) in [6, 6.07) is 51.0. The van der Waals surface area contributed by atoms with Crippen LogP contribution in [0.1, 0.15) is 89.1 Å². The standard InChI is InChI=1S/C28H25NO.C19H27NSi.C16H19N.Ir/c1-17(2)20-13-14-29-25(15-20)24-10-6-9-23-22-12-11-21(16-26(22)30-28(23)24)27-18(3)7-5-8-19(27)4;1-19(2,3)13-16-12-17(15-10-8-7-9-11-15)20-14-18(16)21(4,5)6;1-16(2,3)12-13-9-10-17-15(11-13)14-7-5-4-6-8-14;/h5-17H,1-4H3;7-12,14H,13H2,1-6H3;4-11H,12H2,1-3H3;. The summed E-state index contributed by atoms with van der Waals surface area (Å²) in [4.78, 5) is 13.8. The van der Waals surface area contributed by atoms with Crippen LogP contribution in [0.3, 0.4) is 0 Å². The van der Waals surface area contributed by atoms with Crippen LogP contribution in [0.4, 0.5) is 0 Å². The van der Waals surface area contributed by atoms with Crippen LogP contribution in [-0.4, -0.2) is 23.0 Å². The minimum absolute atomic E-state index is 0. The van der Waals surface area contributed by atoms with Crippen molar-refractivity contribution in [2.75, 3.05) is 0 Å². The van der Waals surface area contributed by atoms with Gasteiger partial charge in [-0.3, -0.25) is 15.0 Å². The van der Waals surface area contributed by atoms with Crippen LogP contribution in [0, 0.1) is 24.7 Å². The first kappa shape index (κ1) is 52.6. The van der Waals surface area contributed by atoms with Gasteiger partial charge in [-0.1, -0.05) is 172 Å². The molecule has 0 amide bonds. The largest absolute Gasteiger partial charge is 0.455 e. The number of benzene rings is 5. The third kappa shape index (κ3) is 13.7. The molecule has 0 saturated carbocycles. The Bertz CT molecular complexity index is 3100. The van der Waals surface area contributed by atoms with Crippen molar-refractivity contribution >= 4 is 35.2 Å². The van der Waals surface area contributed by atoms with Gasteiger partial charge < -0.3 is 4.42 Å². The summed E-state index contributed by atoms with van der Waals surface area (Å²) in [5.74, 6) is 0.460. The van der Waals surface area contributed by atoms with E-state index in [-0.39, 0.29) is 20.1 Å². The summed E-state index contributed by atoms with van der Waals surface area (Å²) >= 11 is 0. The van der Waals surface area contributed by atoms with E-state index < -0.39 is 8.07 Å². The molecule has 357 valence electrons. The van der Waals surface area contributed by atoms with Gasteiger partial charge in [-0.25, -0.2) is 0 Å². The van der Waals surface area contributed by atoms with Crippen molar-refractivity contribution in [1.29, 1.82) is 0 Å². The smallest absolute Gasteiger partial charge is 0.144 e. The number of nitrogens with zero attached hydrogens (tertiary/aromatic N) is 3. The average molecular weight is 1110 g/mol. The second-order valence-corrected chi connectivity index (χ2v) is 27.2. The minimum Gasteiger partial charge on any atom is -0.455 e. The molecule has 0 bridgehead atoms. The van der Waals surface area contributed by atoms with E-state index >= 15 is 0 Å². The van der Waals surface area contributed by atoms with E-state index in [1.54, 1.807) is 0 Å². The third-order valence-corrected chi connectivity index (χ3v) is 14.3. The maximum atomic E-state index is 6.44. The van der Waals surface area contributed by atoms with E-state index in [1.807, 2.05) is 30.6 Å². The summed E-state index contributed by atoms with van der Waals surface area (Å²) in [6.07, 6.45) is 8.12. The van der Waals surface area contributed by atoms with Crippen LogP contribution < -0.4 is 5.19 Å². The van der Waals surface area contributed by atoms with Crippen molar-refractivity contribution in [1.82, 2.24) is 15.0 Å². The zero-order chi connectivity index (χ0) is 48.8. The van der Waals surface area contributed by atoms with Gasteiger partial charge in [0.25, 0.3) is 0 Å². The van der Waals surface area contributed by atoms with Gasteiger partial charge in [0.1, 0.15) is 11.2 Å². The summed E-state index contributed by atoms with van der Waals surface area (Å²) in [6.45, 7) is 29.6. The predicted octanol–water partition coefficient (Wildman–Crippen LogP) is 17.3. The van der Waals surface area contributed by atoms with Crippen molar-refractivity contribution in [3.63, 3.8) is 0 Å². The summed E-state index contributed by atoms with van der Waals surface area (Å²) in [7, 11) is -1.36. The first-order valence-electron chi connectivity index (χ1n) is 24.3. The van der Waals surface area contributed by atoms with E-state index in [1.165, 1.54) is 55.3 Å². The Hall–Kier alpha value is -5.78. The molecule has 0 unspecified atom stereocenters. The Morgan fingerprint density at radius 3 is 1.71 bits per heavy atom. The van der Waals surface area contributed by atoms with Gasteiger partial charge in [0.15, 0.2) is 0 Å². The van der Waals surface area contributed by atoms with Crippen LogP contribution in [0.25, 0.3) is 66.8 Å². The van der Waals surface area contributed by atoms with Crippen molar-refractivity contribution < 1.29 is 24.5 Å². The molecule has 0 atom stereocenters. The molecule has 4 heterocycles. The molecular formula is C63H71IrN3OSi. The van der Waals surface area contributed by atoms with Crippen molar-refractivity contribution in [3.8, 4) is 44.9 Å². The van der Waals surface area contributed by atoms with Gasteiger partial charge in [0.05, 0.1) is 25.2 Å². The Kier molecular flexibility index (Phi) is 17.0. The van der Waals surface area contributed by atoms with Gasteiger partial charge in [0, 0.05) is 66.2 Å². The van der Waals surface area contributed by atoms with Crippen LogP contribution in [0.5, 0.6) is 0 Å². The van der Waals surface area contributed by atoms with Crippen molar-refractivity contribution in [3.05, 3.63) is 192 Å². The van der Waals surface area contributed by atoms with E-state index in [4.69, 9.17) is 9.40 Å². The molecule has 0 aliphatic carbocycles. The average Bonchev–Trinajstić information content (AvgIpc) is 3.67. The molecule has 6 heteroatoms. The molecule has 5 aromatic carbocycles. The van der Waals surface area contributed by atoms with E-state index in [0.29, 0.717) is 16.7 Å². The molecule has 4 nitrogen and oxygen atoms in total. The third-order valence-electron chi connectivity index (χ3n) is 12.2. The second kappa shape index (κ2) is 22.3. The zero-order valence-electron chi connectivity index (χ0n) is 43.2. The number of hydrogen-bond donors (Lipinski definition) is 0. The normalized spacial score (nSPS) is 11.7. The number of para-hydroxylation sites is 1. The number of aryl methyl sites for hydroxylation is 2. The number of aromatic nitrogens is 3. The molecular weight excluding hydrogens is 1040 g/mol. The Labute approximate surface area is 427 Å². The maximum Gasteiger partial charge on any atom is 0.144 e. The van der Waals surface area contributed by atoms with Crippen LogP contribution in [0.15, 0.2) is 169 Å². The van der Waals surface area contributed by atoms with E-state index in [0.717, 1.165) is 57.4 Å². The summed E-state index contributed by atoms with van der Waals surface area (Å²) in [5, 5.41) is 3.77. The Morgan fingerprint density at radius 1 is 0.536 bits per heavy atom. The van der Waals surface area contributed by atoms with E-state index in [2.05, 4.69) is 232 Å². The molecule has 0 fully saturated rings. The maximum absolute atomic E-state index is 6.44. The number of furan rings is 1. The molecule has 0 aliphatic rings. The number of fused-ring (bicyclic) bond motifs is 3.